The van der Waals surface area contributed by atoms with Crippen molar-refractivity contribution in [3.8, 4) is 0 Å². The van der Waals surface area contributed by atoms with Gasteiger partial charge in [-0.2, -0.15) is 0 Å². The van der Waals surface area contributed by atoms with E-state index in [0.29, 0.717) is 13.1 Å². The quantitative estimate of drug-likeness (QED) is 0.726. The smallest absolute Gasteiger partial charge is 0.291 e. The largest absolute Gasteiger partial charge is 0.336 e. The maximum atomic E-state index is 11.8. The van der Waals surface area contributed by atoms with Crippen molar-refractivity contribution in [1.82, 2.24) is 14.9 Å². The van der Waals surface area contributed by atoms with Crippen LogP contribution in [0.25, 0.3) is 0 Å². The lowest BCUT2D eigenvalue weighted by atomic mass is 10.4. The third-order valence-electron chi connectivity index (χ3n) is 2.04. The summed E-state index contributed by atoms with van der Waals surface area (Å²) < 4.78 is 0. The lowest BCUT2D eigenvalue weighted by Gasteiger charge is -2.17. The summed E-state index contributed by atoms with van der Waals surface area (Å²) in [5.41, 5.74) is 0.815. The zero-order chi connectivity index (χ0) is 10.6. The van der Waals surface area contributed by atoms with E-state index in [1.807, 2.05) is 20.8 Å². The molecule has 1 amide bonds. The Morgan fingerprint density at radius 3 is 2.57 bits per heavy atom. The van der Waals surface area contributed by atoms with Gasteiger partial charge in [0.15, 0.2) is 0 Å². The molecule has 4 nitrogen and oxygen atoms in total. The minimum Gasteiger partial charge on any atom is -0.336 e. The molecule has 0 aromatic carbocycles. The molecule has 0 fully saturated rings. The molecule has 1 aromatic rings. The average molecular weight is 193 g/mol. The van der Waals surface area contributed by atoms with Crippen LogP contribution in [0.5, 0.6) is 0 Å². The van der Waals surface area contributed by atoms with Crippen LogP contribution < -0.4 is 0 Å². The predicted octanol–water partition coefficient (Wildman–Crippen LogP) is 1.27. The first-order chi connectivity index (χ1) is 6.69. The highest BCUT2D eigenvalue weighted by atomic mass is 16.2. The van der Waals surface area contributed by atoms with Crippen LogP contribution in [0.3, 0.4) is 0 Å². The molecule has 1 rings (SSSR count). The SMILES string of the molecule is CCN(CC)C(=O)c1nccc(C)n1. The van der Waals surface area contributed by atoms with E-state index in [0.717, 1.165) is 5.69 Å². The molecule has 4 heteroatoms. The Balaban J connectivity index is 2.88. The number of rotatable bonds is 3. The molecule has 0 aliphatic heterocycles. The van der Waals surface area contributed by atoms with Crippen molar-refractivity contribution < 1.29 is 4.79 Å². The van der Waals surface area contributed by atoms with Crippen molar-refractivity contribution in [2.75, 3.05) is 13.1 Å². The van der Waals surface area contributed by atoms with E-state index in [2.05, 4.69) is 9.97 Å². The van der Waals surface area contributed by atoms with Gasteiger partial charge in [-0.05, 0) is 26.8 Å². The van der Waals surface area contributed by atoms with E-state index in [-0.39, 0.29) is 11.7 Å². The first-order valence-electron chi connectivity index (χ1n) is 4.78. The van der Waals surface area contributed by atoms with Crippen LogP contribution in [0.4, 0.5) is 0 Å². The van der Waals surface area contributed by atoms with Gasteiger partial charge in [0.2, 0.25) is 5.82 Å². The van der Waals surface area contributed by atoms with Gasteiger partial charge in [0.1, 0.15) is 0 Å². The molecular weight excluding hydrogens is 178 g/mol. The first kappa shape index (κ1) is 10.6. The first-order valence-corrected chi connectivity index (χ1v) is 4.78. The van der Waals surface area contributed by atoms with Crippen molar-refractivity contribution in [1.29, 1.82) is 0 Å². The number of hydrogen-bond donors (Lipinski definition) is 0. The second-order valence-corrected chi connectivity index (χ2v) is 3.00. The van der Waals surface area contributed by atoms with Gasteiger partial charge in [-0.15, -0.1) is 0 Å². The van der Waals surface area contributed by atoms with Crippen molar-refractivity contribution in [2.45, 2.75) is 20.8 Å². The fourth-order valence-corrected chi connectivity index (χ4v) is 1.20. The number of hydrogen-bond acceptors (Lipinski definition) is 3. The minimum absolute atomic E-state index is 0.0984. The molecular formula is C10H15N3O. The summed E-state index contributed by atoms with van der Waals surface area (Å²) in [5, 5.41) is 0. The normalized spacial score (nSPS) is 9.93. The fourth-order valence-electron chi connectivity index (χ4n) is 1.20. The maximum Gasteiger partial charge on any atom is 0.291 e. The van der Waals surface area contributed by atoms with Crippen LogP contribution in [-0.2, 0) is 0 Å². The number of aromatic nitrogens is 2. The van der Waals surface area contributed by atoms with Crippen LogP contribution in [0.15, 0.2) is 12.3 Å². The van der Waals surface area contributed by atoms with Crippen molar-refractivity contribution >= 4 is 5.91 Å². The van der Waals surface area contributed by atoms with Gasteiger partial charge in [0.25, 0.3) is 5.91 Å². The molecule has 1 aromatic heterocycles. The molecule has 0 spiro atoms. The van der Waals surface area contributed by atoms with E-state index in [4.69, 9.17) is 0 Å². The molecule has 14 heavy (non-hydrogen) atoms. The number of carbonyl (C=O) groups is 1. The molecule has 0 radical (unpaired) electrons. The van der Waals surface area contributed by atoms with Gasteiger partial charge < -0.3 is 4.90 Å². The van der Waals surface area contributed by atoms with Crippen LogP contribution >= 0.6 is 0 Å². The molecule has 0 atom stereocenters. The Morgan fingerprint density at radius 1 is 1.43 bits per heavy atom. The van der Waals surface area contributed by atoms with Crippen molar-refractivity contribution in [3.05, 3.63) is 23.8 Å². The fraction of sp³-hybridized carbons (Fsp3) is 0.500. The predicted molar refractivity (Wildman–Crippen MR) is 54.0 cm³/mol. The maximum absolute atomic E-state index is 11.8. The van der Waals surface area contributed by atoms with Crippen LogP contribution in [0.2, 0.25) is 0 Å². The lowest BCUT2D eigenvalue weighted by molar-refractivity contribution is 0.0760. The number of amides is 1. The second-order valence-electron chi connectivity index (χ2n) is 3.00. The molecule has 0 aliphatic carbocycles. The molecule has 0 aliphatic rings. The average Bonchev–Trinajstić information content (AvgIpc) is 2.19. The third-order valence-corrected chi connectivity index (χ3v) is 2.04. The van der Waals surface area contributed by atoms with Crippen molar-refractivity contribution in [3.63, 3.8) is 0 Å². The highest BCUT2D eigenvalue weighted by Gasteiger charge is 2.14. The lowest BCUT2D eigenvalue weighted by Crippen LogP contribution is -2.31. The van der Waals surface area contributed by atoms with Crippen LogP contribution in [-0.4, -0.2) is 33.9 Å². The Hall–Kier alpha value is -1.45. The van der Waals surface area contributed by atoms with E-state index in [1.54, 1.807) is 17.2 Å². The van der Waals surface area contributed by atoms with Gasteiger partial charge in [0.05, 0.1) is 0 Å². The zero-order valence-electron chi connectivity index (χ0n) is 8.82. The summed E-state index contributed by atoms with van der Waals surface area (Å²) in [6.45, 7) is 7.11. The monoisotopic (exact) mass is 193 g/mol. The summed E-state index contributed by atoms with van der Waals surface area (Å²) in [6, 6.07) is 1.78. The summed E-state index contributed by atoms with van der Waals surface area (Å²) in [6.07, 6.45) is 1.61. The Labute approximate surface area is 84.0 Å². The number of aryl methyl sites for hydroxylation is 1. The van der Waals surface area contributed by atoms with Gasteiger partial charge >= 0.3 is 0 Å². The van der Waals surface area contributed by atoms with Crippen molar-refractivity contribution in [2.24, 2.45) is 0 Å². The standard InChI is InChI=1S/C10H15N3O/c1-4-13(5-2)10(14)9-11-7-6-8(3)12-9/h6-7H,4-5H2,1-3H3. The highest BCUT2D eigenvalue weighted by Crippen LogP contribution is 1.99. The van der Waals surface area contributed by atoms with Crippen LogP contribution in [0.1, 0.15) is 30.2 Å². The topological polar surface area (TPSA) is 46.1 Å². The van der Waals surface area contributed by atoms with E-state index in [9.17, 15) is 4.79 Å². The van der Waals surface area contributed by atoms with Gasteiger partial charge in [-0.1, -0.05) is 0 Å². The van der Waals surface area contributed by atoms with E-state index >= 15 is 0 Å². The van der Waals surface area contributed by atoms with Gasteiger partial charge in [0, 0.05) is 25.0 Å². The summed E-state index contributed by atoms with van der Waals surface area (Å²) in [5.74, 6) is 0.187. The molecule has 0 unspecified atom stereocenters. The van der Waals surface area contributed by atoms with Crippen LogP contribution in [0, 0.1) is 6.92 Å². The second kappa shape index (κ2) is 4.69. The summed E-state index contributed by atoms with van der Waals surface area (Å²) in [7, 11) is 0. The Bertz CT molecular complexity index is 321. The molecule has 76 valence electrons. The molecule has 0 saturated heterocycles. The molecule has 1 heterocycles. The minimum atomic E-state index is -0.0984. The number of carbonyl (C=O) groups excluding carboxylic acids is 1. The third kappa shape index (κ3) is 2.28. The van der Waals surface area contributed by atoms with Gasteiger partial charge in [-0.3, -0.25) is 4.79 Å². The highest BCUT2D eigenvalue weighted by molar-refractivity contribution is 5.90. The Morgan fingerprint density at radius 2 is 2.07 bits per heavy atom. The molecule has 0 N–H and O–H groups in total. The summed E-state index contributed by atoms with van der Waals surface area (Å²) >= 11 is 0. The molecule has 0 bridgehead atoms. The Kier molecular flexibility index (Phi) is 3.56. The molecule has 0 saturated carbocycles. The van der Waals surface area contributed by atoms with E-state index in [1.165, 1.54) is 0 Å². The number of nitrogens with zero attached hydrogens (tertiary/aromatic N) is 3. The van der Waals surface area contributed by atoms with E-state index < -0.39 is 0 Å². The summed E-state index contributed by atoms with van der Waals surface area (Å²) in [4.78, 5) is 21.5. The van der Waals surface area contributed by atoms with Gasteiger partial charge in [-0.25, -0.2) is 9.97 Å². The zero-order valence-corrected chi connectivity index (χ0v) is 8.82.